The monoisotopic (exact) mass is 435 g/mol. The number of nitrogens with one attached hydrogen (secondary N) is 3. The van der Waals surface area contributed by atoms with Gasteiger partial charge in [0.15, 0.2) is 0 Å². The number of anilines is 2. The lowest BCUT2D eigenvalue weighted by Gasteiger charge is -2.09. The van der Waals surface area contributed by atoms with Crippen LogP contribution in [0.4, 0.5) is 38.1 Å². The Hall–Kier alpha value is -3.89. The highest BCUT2D eigenvalue weighted by Crippen LogP contribution is 2.31. The van der Waals surface area contributed by atoms with E-state index in [0.29, 0.717) is 32.4 Å². The molecule has 11 heteroatoms. The summed E-state index contributed by atoms with van der Waals surface area (Å²) in [5.74, 6) is 0. The van der Waals surface area contributed by atoms with Crippen molar-refractivity contribution in [3.8, 4) is 11.1 Å². The fraction of sp³-hybridized carbons (Fsp3) is 0.100. The zero-order chi connectivity index (χ0) is 22.2. The third-order valence-electron chi connectivity index (χ3n) is 4.53. The highest BCUT2D eigenvalue weighted by Gasteiger charge is 2.30. The number of rotatable bonds is 4. The molecule has 0 aliphatic rings. The molecule has 0 fully saturated rings. The molecule has 4 aromatic rings. The molecular weight excluding hydrogens is 421 g/mol. The summed E-state index contributed by atoms with van der Waals surface area (Å²) in [6.45, 7) is -2.75. The van der Waals surface area contributed by atoms with Gasteiger partial charge in [-0.25, -0.2) is 9.48 Å². The first-order chi connectivity index (χ1) is 14.7. The molecule has 0 unspecified atom stereocenters. The molecule has 0 aliphatic carbocycles. The van der Waals surface area contributed by atoms with E-state index in [2.05, 4.69) is 20.7 Å². The van der Waals surface area contributed by atoms with Gasteiger partial charge in [-0.15, -0.1) is 0 Å². The number of aromatic amines is 1. The maximum absolute atomic E-state index is 12.8. The van der Waals surface area contributed by atoms with Crippen molar-refractivity contribution in [1.82, 2.24) is 14.8 Å². The lowest BCUT2D eigenvalue weighted by Crippen LogP contribution is -2.19. The highest BCUT2D eigenvalue weighted by molar-refractivity contribution is 6.06. The minimum absolute atomic E-state index is 0.186. The Morgan fingerprint density at radius 3 is 2.42 bits per heavy atom. The number of urea groups is 1. The van der Waals surface area contributed by atoms with Gasteiger partial charge in [0.05, 0.1) is 17.4 Å². The maximum atomic E-state index is 12.8. The summed E-state index contributed by atoms with van der Waals surface area (Å²) in [6.07, 6.45) is -0.398. The van der Waals surface area contributed by atoms with Crippen molar-refractivity contribution in [3.63, 3.8) is 0 Å². The summed E-state index contributed by atoms with van der Waals surface area (Å²) in [5.41, 5.74) is 1.55. The van der Waals surface area contributed by atoms with Crippen LogP contribution in [0.1, 0.15) is 12.1 Å². The number of hydrogen-bond donors (Lipinski definition) is 3. The van der Waals surface area contributed by atoms with Gasteiger partial charge in [-0.05, 0) is 42.0 Å². The van der Waals surface area contributed by atoms with E-state index in [-0.39, 0.29) is 5.69 Å². The number of aromatic nitrogens is 3. The number of benzene rings is 2. The standard InChI is InChI=1S/C20H14F5N5O/c21-18(22)30-10-12(8-27-30)11-1-6-16-15(7-11)17(9-26-16)29-19(31)28-14-4-2-13(3-5-14)20(23,24)25/h1-10,18,26H,(H2,28,29,31). The van der Waals surface area contributed by atoms with Crippen molar-refractivity contribution in [2.75, 3.05) is 10.6 Å². The van der Waals surface area contributed by atoms with Crippen molar-refractivity contribution in [3.05, 3.63) is 66.6 Å². The van der Waals surface area contributed by atoms with E-state index >= 15 is 0 Å². The van der Waals surface area contributed by atoms with Crippen LogP contribution in [0.25, 0.3) is 22.0 Å². The van der Waals surface area contributed by atoms with Gasteiger partial charge >= 0.3 is 18.8 Å². The summed E-state index contributed by atoms with van der Waals surface area (Å²) in [7, 11) is 0. The Morgan fingerprint density at radius 1 is 1.03 bits per heavy atom. The van der Waals surface area contributed by atoms with E-state index in [1.165, 1.54) is 12.4 Å². The molecule has 0 atom stereocenters. The van der Waals surface area contributed by atoms with Crippen LogP contribution in [0.5, 0.6) is 0 Å². The number of alkyl halides is 5. The topological polar surface area (TPSA) is 74.7 Å². The number of amides is 2. The zero-order valence-corrected chi connectivity index (χ0v) is 15.5. The number of carbonyl (C=O) groups is 1. The molecule has 2 aromatic carbocycles. The average Bonchev–Trinajstić information content (AvgIpc) is 3.35. The predicted molar refractivity (Wildman–Crippen MR) is 105 cm³/mol. The summed E-state index contributed by atoms with van der Waals surface area (Å²) < 4.78 is 63.9. The number of H-pyrrole nitrogens is 1. The number of fused-ring (bicyclic) bond motifs is 1. The molecule has 31 heavy (non-hydrogen) atoms. The second-order valence-corrected chi connectivity index (χ2v) is 6.60. The molecule has 2 amide bonds. The molecule has 6 nitrogen and oxygen atoms in total. The van der Waals surface area contributed by atoms with Crippen LogP contribution in [0, 0.1) is 0 Å². The largest absolute Gasteiger partial charge is 0.416 e. The van der Waals surface area contributed by atoms with Crippen LogP contribution in [0.2, 0.25) is 0 Å². The van der Waals surface area contributed by atoms with Gasteiger partial charge in [-0.3, -0.25) is 0 Å². The molecule has 2 heterocycles. The number of halogens is 5. The molecular formula is C20H14F5N5O. The van der Waals surface area contributed by atoms with Gasteiger partial charge in [0.1, 0.15) is 0 Å². The van der Waals surface area contributed by atoms with E-state index in [0.717, 1.165) is 24.3 Å². The second-order valence-electron chi connectivity index (χ2n) is 6.60. The molecule has 0 radical (unpaired) electrons. The molecule has 160 valence electrons. The van der Waals surface area contributed by atoms with Crippen molar-refractivity contribution in [1.29, 1.82) is 0 Å². The minimum Gasteiger partial charge on any atom is -0.359 e. The average molecular weight is 435 g/mol. The number of carbonyl (C=O) groups excluding carboxylic acids is 1. The van der Waals surface area contributed by atoms with Gasteiger partial charge in [0.25, 0.3) is 0 Å². The van der Waals surface area contributed by atoms with Crippen LogP contribution in [0.3, 0.4) is 0 Å². The molecule has 0 bridgehead atoms. The van der Waals surface area contributed by atoms with Crippen molar-refractivity contribution >= 4 is 28.3 Å². The zero-order valence-electron chi connectivity index (χ0n) is 15.5. The predicted octanol–water partition coefficient (Wildman–Crippen LogP) is 6.09. The minimum atomic E-state index is -4.46. The molecule has 2 aromatic heterocycles. The van der Waals surface area contributed by atoms with E-state index in [1.54, 1.807) is 24.4 Å². The number of hydrogen-bond acceptors (Lipinski definition) is 2. The smallest absolute Gasteiger partial charge is 0.359 e. The Morgan fingerprint density at radius 2 is 1.77 bits per heavy atom. The van der Waals surface area contributed by atoms with Gasteiger partial charge in [-0.2, -0.15) is 27.1 Å². The Labute approximate surface area is 171 Å². The third kappa shape index (κ3) is 4.34. The second kappa shape index (κ2) is 7.74. The lowest BCUT2D eigenvalue weighted by molar-refractivity contribution is -0.137. The van der Waals surface area contributed by atoms with Gasteiger partial charge in [0, 0.05) is 34.5 Å². The molecule has 0 aliphatic heterocycles. The van der Waals surface area contributed by atoms with Crippen LogP contribution in [-0.4, -0.2) is 20.8 Å². The SMILES string of the molecule is O=C(Nc1ccc(C(F)(F)F)cc1)Nc1c[nH]c2ccc(-c3cnn(C(F)F)c3)cc12. The fourth-order valence-corrected chi connectivity index (χ4v) is 3.02. The quantitative estimate of drug-likeness (QED) is 0.340. The van der Waals surface area contributed by atoms with Crippen LogP contribution >= 0.6 is 0 Å². The molecule has 0 saturated heterocycles. The van der Waals surface area contributed by atoms with E-state index < -0.39 is 24.3 Å². The summed E-state index contributed by atoms with van der Waals surface area (Å²) in [4.78, 5) is 15.3. The first-order valence-electron chi connectivity index (χ1n) is 8.90. The fourth-order valence-electron chi connectivity index (χ4n) is 3.02. The third-order valence-corrected chi connectivity index (χ3v) is 4.53. The van der Waals surface area contributed by atoms with Crippen molar-refractivity contribution in [2.45, 2.75) is 12.7 Å². The van der Waals surface area contributed by atoms with Gasteiger partial charge in [-0.1, -0.05) is 6.07 Å². The first-order valence-corrected chi connectivity index (χ1v) is 8.90. The molecule has 4 rings (SSSR count). The summed E-state index contributed by atoms with van der Waals surface area (Å²) >= 11 is 0. The Bertz CT molecular complexity index is 1230. The Balaban J connectivity index is 1.52. The molecule has 0 spiro atoms. The first kappa shape index (κ1) is 20.4. The lowest BCUT2D eigenvalue weighted by atomic mass is 10.1. The van der Waals surface area contributed by atoms with E-state index in [4.69, 9.17) is 0 Å². The van der Waals surface area contributed by atoms with E-state index in [9.17, 15) is 26.7 Å². The van der Waals surface area contributed by atoms with E-state index in [1.807, 2.05) is 0 Å². The van der Waals surface area contributed by atoms with Crippen molar-refractivity contribution < 1.29 is 26.7 Å². The van der Waals surface area contributed by atoms with Crippen LogP contribution < -0.4 is 10.6 Å². The number of nitrogens with zero attached hydrogens (tertiary/aromatic N) is 2. The maximum Gasteiger partial charge on any atom is 0.416 e. The Kier molecular flexibility index (Phi) is 5.09. The molecule has 0 saturated carbocycles. The van der Waals surface area contributed by atoms with Crippen molar-refractivity contribution in [2.24, 2.45) is 0 Å². The van der Waals surface area contributed by atoms with Gasteiger partial charge < -0.3 is 15.6 Å². The summed E-state index contributed by atoms with van der Waals surface area (Å²) in [5, 5.41) is 9.30. The highest BCUT2D eigenvalue weighted by atomic mass is 19.4. The normalized spacial score (nSPS) is 11.8. The van der Waals surface area contributed by atoms with Crippen LogP contribution in [0.15, 0.2) is 61.1 Å². The van der Waals surface area contributed by atoms with Gasteiger partial charge in [0.2, 0.25) is 0 Å². The molecule has 3 N–H and O–H groups in total. The summed E-state index contributed by atoms with van der Waals surface area (Å²) in [6, 6.07) is 8.53. The van der Waals surface area contributed by atoms with Crippen LogP contribution in [-0.2, 0) is 6.18 Å².